The number of aliphatic imine (C=N–C) groups is 1. The fourth-order valence-corrected chi connectivity index (χ4v) is 2.87. The van der Waals surface area contributed by atoms with Gasteiger partial charge in [0.05, 0.1) is 4.92 Å². The van der Waals surface area contributed by atoms with Crippen molar-refractivity contribution in [2.24, 2.45) is 4.99 Å². The molecule has 2 aromatic rings. The van der Waals surface area contributed by atoms with E-state index in [0.29, 0.717) is 41.8 Å². The Balaban J connectivity index is 1.54. The first-order valence-corrected chi connectivity index (χ1v) is 9.27. The lowest BCUT2D eigenvalue weighted by Crippen LogP contribution is -2.39. The molecule has 3 N–H and O–H groups in total. The number of hydrogen-bond donors (Lipinski definition) is 3. The summed E-state index contributed by atoms with van der Waals surface area (Å²) < 4.78 is 40.5. The predicted molar refractivity (Wildman–Crippen MR) is 109 cm³/mol. The van der Waals surface area contributed by atoms with Gasteiger partial charge < -0.3 is 30.2 Å². The summed E-state index contributed by atoms with van der Waals surface area (Å²) in [7, 11) is 1.56. The van der Waals surface area contributed by atoms with Crippen molar-refractivity contribution in [3.8, 4) is 17.2 Å². The summed E-state index contributed by atoms with van der Waals surface area (Å²) in [6, 6.07) is 9.26. The van der Waals surface area contributed by atoms with Gasteiger partial charge in [0.15, 0.2) is 17.5 Å². The van der Waals surface area contributed by atoms with Crippen LogP contribution in [0, 0.1) is 10.1 Å². The van der Waals surface area contributed by atoms with Crippen LogP contribution in [-0.4, -0.2) is 44.4 Å². The van der Waals surface area contributed by atoms with Crippen LogP contribution in [-0.2, 0) is 6.54 Å². The van der Waals surface area contributed by atoms with Gasteiger partial charge in [-0.15, -0.1) is 0 Å². The van der Waals surface area contributed by atoms with Gasteiger partial charge in [0.1, 0.15) is 11.4 Å². The van der Waals surface area contributed by atoms with E-state index in [0.717, 1.165) is 0 Å². The molecule has 3 rings (SSSR count). The number of nitrogens with zero attached hydrogens (tertiary/aromatic N) is 2. The molecule has 0 saturated heterocycles. The van der Waals surface area contributed by atoms with E-state index in [2.05, 4.69) is 25.7 Å². The number of nitro groups is 1. The molecule has 0 radical (unpaired) electrons. The topological polar surface area (TPSA) is 119 Å². The molecule has 1 aliphatic rings. The van der Waals surface area contributed by atoms with Gasteiger partial charge in [-0.2, -0.15) is 8.78 Å². The molecular weight excluding hydrogens is 416 g/mol. The zero-order valence-electron chi connectivity index (χ0n) is 16.6. The highest BCUT2D eigenvalue weighted by molar-refractivity contribution is 5.79. The van der Waals surface area contributed by atoms with Crippen LogP contribution in [0.3, 0.4) is 0 Å². The third kappa shape index (κ3) is 5.84. The predicted octanol–water partition coefficient (Wildman–Crippen LogP) is 2.70. The molecule has 0 atom stereocenters. The van der Waals surface area contributed by atoms with Crippen LogP contribution in [0.2, 0.25) is 0 Å². The van der Waals surface area contributed by atoms with Crippen LogP contribution in [0.15, 0.2) is 41.4 Å². The van der Waals surface area contributed by atoms with Gasteiger partial charge in [0.25, 0.3) is 5.69 Å². The molecule has 0 fully saturated rings. The van der Waals surface area contributed by atoms with Gasteiger partial charge in [0, 0.05) is 44.4 Å². The summed E-state index contributed by atoms with van der Waals surface area (Å²) in [6.45, 7) is -2.06. The van der Waals surface area contributed by atoms with Gasteiger partial charge in [-0.1, -0.05) is 12.1 Å². The normalized spacial score (nSPS) is 12.6. The third-order valence-electron chi connectivity index (χ3n) is 4.28. The number of alkyl halides is 2. The maximum atomic E-state index is 12.7. The number of hydrogen-bond acceptors (Lipinski definition) is 7. The average Bonchev–Trinajstić information content (AvgIpc) is 3.20. The van der Waals surface area contributed by atoms with E-state index in [4.69, 9.17) is 9.47 Å². The second-order valence-electron chi connectivity index (χ2n) is 6.25. The number of nitro benzene ring substituents is 1. The number of guanidine groups is 1. The summed E-state index contributed by atoms with van der Waals surface area (Å²) in [5.41, 5.74) is 0.830. The molecule has 0 saturated carbocycles. The van der Waals surface area contributed by atoms with Crippen LogP contribution < -0.4 is 30.2 Å². The molecule has 0 amide bonds. The van der Waals surface area contributed by atoms with Crippen LogP contribution in [0.5, 0.6) is 17.2 Å². The minimum absolute atomic E-state index is 0.0101. The molecule has 0 bridgehead atoms. The van der Waals surface area contributed by atoms with Crippen LogP contribution >= 0.6 is 0 Å². The Kier molecular flexibility index (Phi) is 7.25. The molecule has 0 spiro atoms. The molecule has 0 aromatic heterocycles. The van der Waals surface area contributed by atoms with Crippen LogP contribution in [0.1, 0.15) is 5.56 Å². The van der Waals surface area contributed by atoms with E-state index >= 15 is 0 Å². The van der Waals surface area contributed by atoms with E-state index in [1.165, 1.54) is 12.1 Å². The summed E-state index contributed by atoms with van der Waals surface area (Å²) in [6.07, 6.45) is 0. The van der Waals surface area contributed by atoms with Crippen molar-refractivity contribution in [2.75, 3.05) is 32.2 Å². The monoisotopic (exact) mass is 437 g/mol. The minimum atomic E-state index is -2.98. The molecule has 1 heterocycles. The van der Waals surface area contributed by atoms with Gasteiger partial charge in [-0.25, -0.2) is 0 Å². The molecule has 1 aliphatic heterocycles. The molecule has 0 aliphatic carbocycles. The number of fused-ring (bicyclic) bond motifs is 1. The van der Waals surface area contributed by atoms with Gasteiger partial charge in [0.2, 0.25) is 6.79 Å². The first-order chi connectivity index (χ1) is 15.0. The molecule has 31 heavy (non-hydrogen) atoms. The van der Waals surface area contributed by atoms with E-state index in [1.54, 1.807) is 31.3 Å². The number of nitrogens with one attached hydrogen (secondary N) is 3. The fraction of sp³-hybridized carbons (Fsp3) is 0.316. The largest absolute Gasteiger partial charge is 0.454 e. The molecular formula is C19H21F2N5O5. The maximum Gasteiger partial charge on any atom is 0.387 e. The highest BCUT2D eigenvalue weighted by atomic mass is 19.3. The molecule has 0 unspecified atom stereocenters. The van der Waals surface area contributed by atoms with Crippen molar-refractivity contribution in [3.05, 3.63) is 52.1 Å². The van der Waals surface area contributed by atoms with Crippen LogP contribution in [0.4, 0.5) is 20.2 Å². The summed E-state index contributed by atoms with van der Waals surface area (Å²) in [4.78, 5) is 14.7. The summed E-state index contributed by atoms with van der Waals surface area (Å²) >= 11 is 0. The average molecular weight is 437 g/mol. The van der Waals surface area contributed by atoms with Crippen molar-refractivity contribution in [1.82, 2.24) is 10.6 Å². The Labute approximate surface area is 176 Å². The molecule has 12 heteroatoms. The zero-order chi connectivity index (χ0) is 22.2. The van der Waals surface area contributed by atoms with E-state index in [1.807, 2.05) is 0 Å². The highest BCUT2D eigenvalue weighted by Crippen LogP contribution is 2.38. The second-order valence-corrected chi connectivity index (χ2v) is 6.25. The highest BCUT2D eigenvalue weighted by Gasteiger charge is 2.20. The lowest BCUT2D eigenvalue weighted by Gasteiger charge is -2.15. The number of halogens is 2. The van der Waals surface area contributed by atoms with Gasteiger partial charge in [-0.3, -0.25) is 15.1 Å². The summed E-state index contributed by atoms with van der Waals surface area (Å²) in [5.74, 6) is 1.16. The van der Waals surface area contributed by atoms with Crippen molar-refractivity contribution in [3.63, 3.8) is 0 Å². The minimum Gasteiger partial charge on any atom is -0.454 e. The standard InChI is InChI=1S/C19H21F2N5O5/c1-22-19(24-7-6-23-13-4-2-3-5-14(13)26(27)28)25-10-12-8-16-17(30-11-29-16)9-15(12)31-18(20)21/h2-5,8-9,18,23H,6-7,10-11H2,1H3,(H2,22,24,25). The van der Waals surface area contributed by atoms with Crippen molar-refractivity contribution in [1.29, 1.82) is 0 Å². The summed E-state index contributed by atoms with van der Waals surface area (Å²) in [5, 5.41) is 20.1. The smallest absolute Gasteiger partial charge is 0.387 e. The number of benzene rings is 2. The maximum absolute atomic E-state index is 12.7. The quantitative estimate of drug-likeness (QED) is 0.180. The van der Waals surface area contributed by atoms with Crippen molar-refractivity contribution < 1.29 is 27.9 Å². The third-order valence-corrected chi connectivity index (χ3v) is 4.28. The fourth-order valence-electron chi connectivity index (χ4n) is 2.87. The Morgan fingerprint density at radius 2 is 1.97 bits per heavy atom. The number of para-hydroxylation sites is 2. The van der Waals surface area contributed by atoms with Crippen LogP contribution in [0.25, 0.3) is 0 Å². The molecule has 2 aromatic carbocycles. The zero-order valence-corrected chi connectivity index (χ0v) is 16.6. The Morgan fingerprint density at radius 1 is 1.23 bits per heavy atom. The first-order valence-electron chi connectivity index (χ1n) is 9.27. The van der Waals surface area contributed by atoms with Gasteiger partial charge >= 0.3 is 6.61 Å². The molecule has 10 nitrogen and oxygen atoms in total. The lowest BCUT2D eigenvalue weighted by atomic mass is 10.1. The Hall–Kier alpha value is -3.83. The first kappa shape index (κ1) is 21.9. The van der Waals surface area contributed by atoms with Crippen molar-refractivity contribution >= 4 is 17.3 Å². The molecule has 166 valence electrons. The van der Waals surface area contributed by atoms with E-state index in [-0.39, 0.29) is 24.8 Å². The van der Waals surface area contributed by atoms with Gasteiger partial charge in [-0.05, 0) is 12.1 Å². The SMILES string of the molecule is CN=C(NCCNc1ccccc1[N+](=O)[O-])NCc1cc2c(cc1OC(F)F)OCO2. The Morgan fingerprint density at radius 3 is 2.68 bits per heavy atom. The lowest BCUT2D eigenvalue weighted by molar-refractivity contribution is -0.384. The number of rotatable bonds is 9. The number of ether oxygens (including phenoxy) is 3. The van der Waals surface area contributed by atoms with E-state index < -0.39 is 11.5 Å². The Bertz CT molecular complexity index is 957. The number of anilines is 1. The van der Waals surface area contributed by atoms with Crippen molar-refractivity contribution in [2.45, 2.75) is 13.2 Å². The second kappa shape index (κ2) is 10.3. The van der Waals surface area contributed by atoms with E-state index in [9.17, 15) is 18.9 Å².